The van der Waals surface area contributed by atoms with E-state index in [0.29, 0.717) is 0 Å². The maximum Gasteiger partial charge on any atom is 0.123 e. The van der Waals surface area contributed by atoms with Crippen molar-refractivity contribution < 1.29 is 9.47 Å². The van der Waals surface area contributed by atoms with Crippen molar-refractivity contribution in [2.75, 3.05) is 26.4 Å². The van der Waals surface area contributed by atoms with Gasteiger partial charge in [-0.1, -0.05) is 25.1 Å². The van der Waals surface area contributed by atoms with E-state index in [1.165, 1.54) is 5.56 Å². The molecular weight excluding hydrogens is 226 g/mol. The number of para-hydroxylation sites is 1. The molecular formula is C15H25NO2. The molecule has 0 amide bonds. The minimum absolute atomic E-state index is 0.779. The van der Waals surface area contributed by atoms with Gasteiger partial charge in [-0.15, -0.1) is 0 Å². The fraction of sp³-hybridized carbons (Fsp3) is 0.600. The summed E-state index contributed by atoms with van der Waals surface area (Å²) in [5.74, 6) is 0.997. The van der Waals surface area contributed by atoms with E-state index in [-0.39, 0.29) is 0 Å². The van der Waals surface area contributed by atoms with E-state index in [1.54, 1.807) is 0 Å². The summed E-state index contributed by atoms with van der Waals surface area (Å²) in [5, 5.41) is 3.42. The van der Waals surface area contributed by atoms with Crippen molar-refractivity contribution in [1.82, 2.24) is 5.32 Å². The smallest absolute Gasteiger partial charge is 0.123 e. The van der Waals surface area contributed by atoms with Crippen LogP contribution in [0.1, 0.15) is 32.3 Å². The number of ether oxygens (including phenoxy) is 2. The lowest BCUT2D eigenvalue weighted by Gasteiger charge is -2.11. The summed E-state index contributed by atoms with van der Waals surface area (Å²) in [6.07, 6.45) is 2.09. The van der Waals surface area contributed by atoms with Crippen LogP contribution in [0, 0.1) is 0 Å². The van der Waals surface area contributed by atoms with E-state index in [9.17, 15) is 0 Å². The maximum absolute atomic E-state index is 5.72. The van der Waals surface area contributed by atoms with Crippen molar-refractivity contribution in [2.45, 2.75) is 33.2 Å². The van der Waals surface area contributed by atoms with Crippen molar-refractivity contribution in [1.29, 1.82) is 0 Å². The summed E-state index contributed by atoms with van der Waals surface area (Å²) in [7, 11) is 0. The van der Waals surface area contributed by atoms with Crippen molar-refractivity contribution in [3.05, 3.63) is 29.8 Å². The minimum Gasteiger partial charge on any atom is -0.493 e. The Bertz CT molecular complexity index is 315. The molecule has 1 N–H and O–H groups in total. The van der Waals surface area contributed by atoms with Crippen LogP contribution in [0.3, 0.4) is 0 Å². The van der Waals surface area contributed by atoms with Gasteiger partial charge in [0.15, 0.2) is 0 Å². The fourth-order valence-electron chi connectivity index (χ4n) is 1.67. The lowest BCUT2D eigenvalue weighted by Crippen LogP contribution is -2.17. The Balaban J connectivity index is 2.27. The van der Waals surface area contributed by atoms with Gasteiger partial charge in [0.1, 0.15) is 5.75 Å². The summed E-state index contributed by atoms with van der Waals surface area (Å²) in [4.78, 5) is 0. The van der Waals surface area contributed by atoms with Gasteiger partial charge >= 0.3 is 0 Å². The van der Waals surface area contributed by atoms with Crippen LogP contribution in [0.25, 0.3) is 0 Å². The second-order valence-corrected chi connectivity index (χ2v) is 4.18. The van der Waals surface area contributed by atoms with Crippen molar-refractivity contribution in [2.24, 2.45) is 0 Å². The quantitative estimate of drug-likeness (QED) is 0.648. The summed E-state index contributed by atoms with van der Waals surface area (Å²) >= 11 is 0. The van der Waals surface area contributed by atoms with Gasteiger partial charge < -0.3 is 14.8 Å². The molecule has 3 heteroatoms. The second kappa shape index (κ2) is 9.92. The van der Waals surface area contributed by atoms with Gasteiger partial charge in [-0.05, 0) is 32.4 Å². The van der Waals surface area contributed by atoms with E-state index in [1.807, 2.05) is 19.1 Å². The Labute approximate surface area is 110 Å². The molecule has 0 fully saturated rings. The van der Waals surface area contributed by atoms with Crippen LogP contribution in [-0.4, -0.2) is 26.4 Å². The summed E-state index contributed by atoms with van der Waals surface area (Å²) < 4.78 is 11.0. The Morgan fingerprint density at radius 2 is 1.94 bits per heavy atom. The van der Waals surface area contributed by atoms with Crippen LogP contribution in [0.5, 0.6) is 5.75 Å². The maximum atomic E-state index is 5.72. The molecule has 0 unspecified atom stereocenters. The van der Waals surface area contributed by atoms with Gasteiger partial charge in [-0.2, -0.15) is 0 Å². The Morgan fingerprint density at radius 3 is 2.72 bits per heavy atom. The molecule has 0 saturated carbocycles. The minimum atomic E-state index is 0.779. The highest BCUT2D eigenvalue weighted by Gasteiger charge is 2.01. The average Bonchev–Trinajstić information content (AvgIpc) is 2.41. The summed E-state index contributed by atoms with van der Waals surface area (Å²) in [6, 6.07) is 8.22. The second-order valence-electron chi connectivity index (χ2n) is 4.18. The number of rotatable bonds is 10. The number of benzene rings is 1. The molecule has 0 atom stereocenters. The molecule has 18 heavy (non-hydrogen) atoms. The first-order valence-electron chi connectivity index (χ1n) is 6.87. The Hall–Kier alpha value is -1.06. The summed E-state index contributed by atoms with van der Waals surface area (Å²) in [6.45, 7) is 8.38. The predicted octanol–water partition coefficient (Wildman–Crippen LogP) is 2.99. The van der Waals surface area contributed by atoms with E-state index < -0.39 is 0 Å². The van der Waals surface area contributed by atoms with Crippen LogP contribution < -0.4 is 10.1 Å². The molecule has 0 aromatic heterocycles. The largest absolute Gasteiger partial charge is 0.493 e. The van der Waals surface area contributed by atoms with Gasteiger partial charge in [0.2, 0.25) is 0 Å². The average molecular weight is 251 g/mol. The zero-order valence-electron chi connectivity index (χ0n) is 11.6. The Morgan fingerprint density at radius 1 is 1.11 bits per heavy atom. The zero-order valence-corrected chi connectivity index (χ0v) is 11.6. The topological polar surface area (TPSA) is 30.5 Å². The number of hydrogen-bond acceptors (Lipinski definition) is 3. The van der Waals surface area contributed by atoms with E-state index >= 15 is 0 Å². The monoisotopic (exact) mass is 251 g/mol. The molecule has 1 aromatic rings. The van der Waals surface area contributed by atoms with Crippen LogP contribution in [0.2, 0.25) is 0 Å². The number of nitrogens with one attached hydrogen (secondary N) is 1. The molecule has 1 aromatic carbocycles. The van der Waals surface area contributed by atoms with Crippen LogP contribution in [0.15, 0.2) is 24.3 Å². The fourth-order valence-corrected chi connectivity index (χ4v) is 1.67. The molecule has 0 heterocycles. The first-order chi connectivity index (χ1) is 8.88. The SMILES string of the molecule is CCCOc1ccccc1CNCCCOCC. The molecule has 0 aliphatic heterocycles. The molecule has 0 bridgehead atoms. The van der Waals surface area contributed by atoms with Crippen molar-refractivity contribution in [3.8, 4) is 5.75 Å². The highest BCUT2D eigenvalue weighted by atomic mass is 16.5. The van der Waals surface area contributed by atoms with Crippen molar-refractivity contribution >= 4 is 0 Å². The lowest BCUT2D eigenvalue weighted by molar-refractivity contribution is 0.144. The molecule has 102 valence electrons. The van der Waals surface area contributed by atoms with Crippen LogP contribution in [-0.2, 0) is 11.3 Å². The van der Waals surface area contributed by atoms with Gasteiger partial charge in [0.05, 0.1) is 6.61 Å². The molecule has 0 aliphatic carbocycles. The van der Waals surface area contributed by atoms with Crippen LogP contribution >= 0.6 is 0 Å². The molecule has 1 rings (SSSR count). The third-order valence-electron chi connectivity index (χ3n) is 2.60. The van der Waals surface area contributed by atoms with E-state index in [0.717, 1.165) is 51.5 Å². The molecule has 0 aliphatic rings. The molecule has 3 nitrogen and oxygen atoms in total. The van der Waals surface area contributed by atoms with Crippen LogP contribution in [0.4, 0.5) is 0 Å². The van der Waals surface area contributed by atoms with Gasteiger partial charge in [0, 0.05) is 25.3 Å². The summed E-state index contributed by atoms with van der Waals surface area (Å²) in [5.41, 5.74) is 1.22. The van der Waals surface area contributed by atoms with Crippen molar-refractivity contribution in [3.63, 3.8) is 0 Å². The van der Waals surface area contributed by atoms with Gasteiger partial charge in [-0.25, -0.2) is 0 Å². The molecule has 0 saturated heterocycles. The standard InChI is InChI=1S/C15H25NO2/c1-3-11-18-15-9-6-5-8-14(15)13-16-10-7-12-17-4-2/h5-6,8-9,16H,3-4,7,10-13H2,1-2H3. The van der Waals surface area contributed by atoms with Gasteiger partial charge in [-0.3, -0.25) is 0 Å². The highest BCUT2D eigenvalue weighted by molar-refractivity contribution is 5.33. The third-order valence-corrected chi connectivity index (χ3v) is 2.60. The van der Waals surface area contributed by atoms with Gasteiger partial charge in [0.25, 0.3) is 0 Å². The predicted molar refractivity (Wildman–Crippen MR) is 75.0 cm³/mol. The lowest BCUT2D eigenvalue weighted by atomic mass is 10.2. The normalized spacial score (nSPS) is 10.6. The molecule has 0 radical (unpaired) electrons. The zero-order chi connectivity index (χ0) is 13.1. The first kappa shape index (κ1) is 15.0. The third kappa shape index (κ3) is 6.03. The Kier molecular flexibility index (Phi) is 8.26. The molecule has 0 spiro atoms. The highest BCUT2D eigenvalue weighted by Crippen LogP contribution is 2.17. The van der Waals surface area contributed by atoms with E-state index in [2.05, 4.69) is 24.4 Å². The first-order valence-corrected chi connectivity index (χ1v) is 6.87. The van der Waals surface area contributed by atoms with E-state index in [4.69, 9.17) is 9.47 Å². The number of hydrogen-bond donors (Lipinski definition) is 1.